The minimum Gasteiger partial charge on any atom is -0.508 e. The quantitative estimate of drug-likeness (QED) is 0.0290. The molecule has 6 saturated heterocycles. The van der Waals surface area contributed by atoms with Crippen LogP contribution in [-0.4, -0.2) is 386 Å². The van der Waals surface area contributed by atoms with Crippen molar-refractivity contribution in [2.75, 3.05) is 52.4 Å². The molecule has 0 spiro atoms. The number of benzene rings is 2. The number of nitrogens with two attached hydrogens (primary N) is 4. The van der Waals surface area contributed by atoms with Crippen molar-refractivity contribution in [2.45, 2.75) is 400 Å². The topological polar surface area (TPSA) is 775 Å². The zero-order valence-corrected chi connectivity index (χ0v) is 87.8. The molecule has 8 rings (SSSR count). The maximum absolute atomic E-state index is 14.6. The number of aliphatic hydroxyl groups is 15. The fourth-order valence-corrected chi connectivity index (χ4v) is 21.2. The third-order valence-corrected chi connectivity index (χ3v) is 29.8. The fourth-order valence-electron chi connectivity index (χ4n) is 21.2. The average molecular weight is 2130 g/mol. The lowest BCUT2D eigenvalue weighted by Gasteiger charge is -2.34. The molecule has 4 unspecified atom stereocenters. The number of unbranched alkanes of at least 4 members (excludes halogenated alkanes) is 10. The summed E-state index contributed by atoms with van der Waals surface area (Å²) >= 11 is 0. The predicted molar refractivity (Wildman–Crippen MR) is 544 cm³/mol. The summed E-state index contributed by atoms with van der Waals surface area (Å²) in [5.74, 6) is -16.8. The third-order valence-electron chi connectivity index (χ3n) is 29.8. The van der Waals surface area contributed by atoms with Crippen LogP contribution in [0, 0.1) is 41.4 Å². The molecule has 11 amide bonds. The van der Waals surface area contributed by atoms with E-state index in [0.29, 0.717) is 36.5 Å². The van der Waals surface area contributed by atoms with Crippen molar-refractivity contribution >= 4 is 82.3 Å². The van der Waals surface area contributed by atoms with Gasteiger partial charge in [0.05, 0.1) is 91.1 Å². The van der Waals surface area contributed by atoms with Gasteiger partial charge in [-0.2, -0.15) is 0 Å². The smallest absolute Gasteiger partial charge is 0.248 e. The molecule has 6 fully saturated rings. The van der Waals surface area contributed by atoms with Crippen LogP contribution in [0.15, 0.2) is 48.5 Å². The molecule has 6 aliphatic heterocycles. The molecule has 2 aromatic rings. The van der Waals surface area contributed by atoms with Crippen molar-refractivity contribution in [3.8, 4) is 11.5 Å². The number of carbonyl (C=O) groups is 14. The summed E-state index contributed by atoms with van der Waals surface area (Å²) in [4.78, 5) is 202. The molecular formula is C104H171N15O31. The number of aromatic hydroxyl groups is 2. The van der Waals surface area contributed by atoms with E-state index in [4.69, 9.17) is 22.9 Å². The molecule has 0 radical (unpaired) electrons. The maximum Gasteiger partial charge on any atom is 0.248 e. The number of β-amino-alcohol motifs (C(OH)–C–C–N with tert-alkyl or cyclic N) is 1. The van der Waals surface area contributed by atoms with Crippen LogP contribution in [-0.2, 0) is 67.1 Å². The Kier molecular flexibility index (Phi) is 52.7. The number of fused-ring (bicyclic) bond motifs is 2. The van der Waals surface area contributed by atoms with Crippen molar-refractivity contribution in [1.29, 1.82) is 0 Å². The number of ketones is 3. The Balaban J connectivity index is 0.000000406. The van der Waals surface area contributed by atoms with Gasteiger partial charge < -0.3 is 161 Å². The number of rotatable bonds is 52. The van der Waals surface area contributed by atoms with Crippen molar-refractivity contribution < 1.29 is 154 Å². The highest BCUT2D eigenvalue weighted by Gasteiger charge is 2.54. The van der Waals surface area contributed by atoms with Crippen LogP contribution in [0.2, 0.25) is 0 Å². The highest BCUT2D eigenvalue weighted by Crippen LogP contribution is 2.36. The van der Waals surface area contributed by atoms with E-state index < -0.39 is 305 Å². The zero-order chi connectivity index (χ0) is 112. The molecule has 2 aromatic carbocycles. The summed E-state index contributed by atoms with van der Waals surface area (Å²) in [6, 6.07) is -5.63. The van der Waals surface area contributed by atoms with Crippen LogP contribution >= 0.6 is 0 Å². The lowest BCUT2D eigenvalue weighted by molar-refractivity contribution is -0.151. The van der Waals surface area contributed by atoms with Crippen LogP contribution in [0.3, 0.4) is 0 Å². The molecule has 31 atom stereocenters. The van der Waals surface area contributed by atoms with Gasteiger partial charge in [0.2, 0.25) is 65.0 Å². The van der Waals surface area contributed by atoms with Crippen LogP contribution in [0.1, 0.15) is 271 Å². The Morgan fingerprint density at radius 3 is 1.63 bits per heavy atom. The van der Waals surface area contributed by atoms with Gasteiger partial charge in [-0.25, -0.2) is 0 Å². The molecule has 6 heterocycles. The fraction of sp³-hybridized carbons (Fsp3) is 0.750. The first kappa shape index (κ1) is 127. The number of aliphatic hydroxyl groups excluding tert-OH is 15. The molecular weight excluding hydrogens is 1960 g/mol. The van der Waals surface area contributed by atoms with E-state index in [-0.39, 0.29) is 106 Å². The first-order valence-corrected chi connectivity index (χ1v) is 53.5. The van der Waals surface area contributed by atoms with E-state index in [2.05, 4.69) is 73.4 Å². The minimum atomic E-state index is -2.18. The number of primary amides is 1. The van der Waals surface area contributed by atoms with E-state index in [1.165, 1.54) is 68.3 Å². The van der Waals surface area contributed by atoms with Crippen molar-refractivity contribution in [2.24, 2.45) is 64.4 Å². The van der Waals surface area contributed by atoms with Gasteiger partial charge in [0.15, 0.2) is 17.8 Å². The SMILES string of the molecule is CC(C)CC(C)CCCCCCCCC(=O)N1C(O)[C@H](O)C[C@@H]1C(=O)N[C@H](C(=O)N1C[C@H](O)C[C@H]1C(=O)C[C@H](C(=O)N[C@H](C(=O)N1CC[C@H](O)[C@H]1C(N)=O)[C@H](O)CCN)[C@H](O)[C@@H](O)c1ccc(O)cc1)[C@@H](C)O.CCC(C)CC(C)CCCCCCCCC(=O)C[C@H]1C[C@@H](O)[C@@H](NCCN)NC(=O)[C@@H]2[C@@H](O)CCN2C(=O)[C@H]([C@H](O)CCN)NC(=O)[C@H]([C@H](O)[C@@H](O)c2ccc(O)cc2)CC(=O)[C@@H]2C[C@@H](O)CN2C(=O)[C@H]([C@@H](C)O)NC1=O. The normalized spacial score (nSPS) is 27.1. The molecule has 0 aromatic heterocycles. The summed E-state index contributed by atoms with van der Waals surface area (Å²) in [7, 11) is 0. The number of Topliss-reactive ketones (excluding diaryl/α,β-unsaturated/α-hetero) is 3. The van der Waals surface area contributed by atoms with E-state index >= 15 is 0 Å². The highest BCUT2D eigenvalue weighted by atomic mass is 16.4. The summed E-state index contributed by atoms with van der Waals surface area (Å²) in [5, 5.41) is 202. The Morgan fingerprint density at radius 2 is 1.07 bits per heavy atom. The third kappa shape index (κ3) is 36.8. The Labute approximate surface area is 876 Å². The van der Waals surface area contributed by atoms with Crippen LogP contribution in [0.4, 0.5) is 0 Å². The van der Waals surface area contributed by atoms with Crippen LogP contribution < -0.4 is 54.8 Å². The van der Waals surface area contributed by atoms with Gasteiger partial charge in [0.1, 0.15) is 84.1 Å². The van der Waals surface area contributed by atoms with E-state index in [1.807, 2.05) is 0 Å². The Bertz CT molecular complexity index is 4650. The number of nitrogens with zero attached hydrogens (tertiary/aromatic N) is 5. The van der Waals surface area contributed by atoms with Crippen molar-refractivity contribution in [1.82, 2.24) is 56.4 Å². The maximum atomic E-state index is 14.6. The molecule has 848 valence electrons. The molecule has 0 bridgehead atoms. The lowest BCUT2D eigenvalue weighted by Crippen LogP contribution is -2.63. The first-order valence-electron chi connectivity index (χ1n) is 53.5. The first-order chi connectivity index (χ1) is 70.9. The monoisotopic (exact) mass is 2130 g/mol. The number of hydrogen-bond donors (Lipinski definition) is 27. The molecule has 6 aliphatic rings. The number of phenolic OH excluding ortho intramolecular Hbond substituents is 2. The second kappa shape index (κ2) is 62.1. The molecule has 0 aliphatic carbocycles. The second-order valence-electron chi connectivity index (χ2n) is 42.6. The number of amides is 11. The molecule has 150 heavy (non-hydrogen) atoms. The average Bonchev–Trinajstić information content (AvgIpc) is 1.63. The van der Waals surface area contributed by atoms with Gasteiger partial charge in [-0.3, -0.25) is 72.4 Å². The van der Waals surface area contributed by atoms with Gasteiger partial charge in [-0.15, -0.1) is 0 Å². The summed E-state index contributed by atoms with van der Waals surface area (Å²) in [6.07, 6.45) is -15.4. The van der Waals surface area contributed by atoms with Crippen LogP contribution in [0.25, 0.3) is 0 Å². The van der Waals surface area contributed by atoms with Crippen LogP contribution in [0.5, 0.6) is 11.5 Å². The summed E-state index contributed by atoms with van der Waals surface area (Å²) in [6.45, 7) is 13.9. The Morgan fingerprint density at radius 1 is 0.520 bits per heavy atom. The van der Waals surface area contributed by atoms with Gasteiger partial charge in [-0.1, -0.05) is 149 Å². The second-order valence-corrected chi connectivity index (χ2v) is 42.6. The number of likely N-dealkylation sites (tertiary alicyclic amines) is 3. The van der Waals surface area contributed by atoms with Gasteiger partial charge in [0.25, 0.3) is 0 Å². The summed E-state index contributed by atoms with van der Waals surface area (Å²) < 4.78 is 0. The van der Waals surface area contributed by atoms with Crippen molar-refractivity contribution in [3.63, 3.8) is 0 Å². The van der Waals surface area contributed by atoms with E-state index in [9.17, 15) is 154 Å². The predicted octanol–water partition coefficient (Wildman–Crippen LogP) is -3.22. The molecule has 31 N–H and O–H groups in total. The zero-order valence-electron chi connectivity index (χ0n) is 87.8. The Hall–Kier alpha value is -9.54. The largest absolute Gasteiger partial charge is 0.508 e. The minimum absolute atomic E-state index is 0.00947. The number of carbonyl (C=O) groups excluding carboxylic acids is 14. The number of phenols is 2. The van der Waals surface area contributed by atoms with E-state index in [0.717, 1.165) is 115 Å². The molecule has 0 saturated carbocycles. The number of nitrogens with one attached hydrogen (secondary N) is 6. The van der Waals surface area contributed by atoms with Gasteiger partial charge in [0, 0.05) is 96.6 Å². The lowest BCUT2D eigenvalue weighted by atomic mass is 9.86. The highest BCUT2D eigenvalue weighted by molar-refractivity contribution is 6.01. The summed E-state index contributed by atoms with van der Waals surface area (Å²) in [5.41, 5.74) is 22.6. The van der Waals surface area contributed by atoms with E-state index in [1.54, 1.807) is 0 Å². The molecule has 46 nitrogen and oxygen atoms in total. The standard InChI is InChI=1S/C54H90N8O15.C50H81N7O16/c1-5-30(2)24-31(3)12-10-8-6-7-9-11-13-36(65)25-34-26-43(70)49(57-22-21-56)60-52(75)46-41(68)19-23-61(46)54(77)45(40(67)18-20-55)59-51(74)38(48(72)47(71)33-14-16-35(64)17-15-33)28-42(69)39-27-37(66)29-62(39)53(76)44(32(4)63)58-50(34)73;1-26(2)21-27(3)11-9-7-5-6-8-10-12-39(65)57-34(24-38(64)48(57)71)47(70)53-40(28(4)58)49(72)56-25-31(60)22-33(56)37(63)23-32(44(67)43(66)29-13-15-30(59)16-14-29)46(69)54-41(35(61)17-19-51)50(73)55-20-18-36(62)42(55)45(52)68/h14-17,30-32,34,37-41,43-49,57,63-64,66-68,70-72H,5-13,18-29,55-56H2,1-4H3,(H,58,73)(H,59,74)(H,60,75);13-16,26-28,31-36,38,40-44,48,58-62,64,66-67,71H,5-12,17-25,51H2,1-4H3,(H2,52,68)(H,53,70)(H,54,69)/t30?,31?,32-,34+,37-,38+,39+,40-,41+,43-,44+,45+,46+,47+,48+,49+;27?,28-,31-,32+,33+,34-,35-,36+,38-,40+,41+,42+,43+,44+,48?/m11/s1. The van der Waals surface area contributed by atoms with Gasteiger partial charge in [-0.05, 0) is 144 Å². The van der Waals surface area contributed by atoms with Crippen molar-refractivity contribution in [3.05, 3.63) is 59.7 Å². The molecule has 46 heteroatoms. The number of hydrogen-bond acceptors (Lipinski definition) is 35. The van der Waals surface area contributed by atoms with Gasteiger partial charge >= 0.3 is 0 Å².